The van der Waals surface area contributed by atoms with Crippen LogP contribution in [-0.2, 0) is 39.6 Å². The van der Waals surface area contributed by atoms with Crippen LogP contribution in [0.1, 0.15) is 0 Å². The summed E-state index contributed by atoms with van der Waals surface area (Å²) < 4.78 is 0. The molecule has 0 N–H and O–H groups in total. The Balaban J connectivity index is 0. The fraction of sp³-hybridized carbons (Fsp3) is 0. The summed E-state index contributed by atoms with van der Waals surface area (Å²) in [4.78, 5) is 0. The zero-order valence-corrected chi connectivity index (χ0v) is 3.87. The van der Waals surface area contributed by atoms with E-state index in [1.807, 2.05) is 0 Å². The molecule has 0 saturated heterocycles. The second-order valence-corrected chi connectivity index (χ2v) is 0. The van der Waals surface area contributed by atoms with Crippen LogP contribution in [0.3, 0.4) is 0 Å². The van der Waals surface area contributed by atoms with Gasteiger partial charge in [-0.15, -0.1) is 0 Å². The predicted molar refractivity (Wildman–Crippen MR) is 2.82 cm³/mol. The van der Waals surface area contributed by atoms with E-state index in [9.17, 15) is 0 Å². The molecule has 0 aliphatic carbocycles. The number of hydrogen-bond acceptors (Lipinski definition) is 0. The maximum absolute atomic E-state index is 0. The Morgan fingerprint density at radius 3 is 1.00 bits per heavy atom. The van der Waals surface area contributed by atoms with Crippen LogP contribution in [0.2, 0.25) is 0 Å². The molecule has 0 bridgehead atoms. The van der Waals surface area contributed by atoms with Gasteiger partial charge in [-0.2, -0.15) is 0 Å². The molecule has 0 atom stereocenters. The summed E-state index contributed by atoms with van der Waals surface area (Å²) in [5.41, 5.74) is 0. The first kappa shape index (κ1) is 129. The van der Waals surface area contributed by atoms with E-state index in [2.05, 4.69) is 0 Å². The Morgan fingerprint density at radius 1 is 1.00 bits per heavy atom. The van der Waals surface area contributed by atoms with Crippen molar-refractivity contribution in [1.29, 1.82) is 0 Å². The first-order valence-electron chi connectivity index (χ1n) is 0. The van der Waals surface area contributed by atoms with Crippen LogP contribution in [0.4, 0.5) is 0 Å². The Hall–Kier alpha value is 0.709. The van der Waals surface area contributed by atoms with Crippen molar-refractivity contribution in [1.82, 2.24) is 6.15 Å². The molecule has 4 heteroatoms. The maximum Gasteiger partial charge on any atom is 3.00 e. The van der Waals surface area contributed by atoms with E-state index in [-0.39, 0.29) is 45.8 Å². The molecule has 0 aromatic carbocycles. The second kappa shape index (κ2) is 54.2. The van der Waals surface area contributed by atoms with Crippen molar-refractivity contribution in [2.45, 2.75) is 0 Å². The van der Waals surface area contributed by atoms with Crippen molar-refractivity contribution in [3.05, 3.63) is 0 Å². The van der Waals surface area contributed by atoms with Gasteiger partial charge >= 0.3 is 40.3 Å². The van der Waals surface area contributed by atoms with Gasteiger partial charge in [-0.1, -0.05) is 0 Å². The second-order valence-electron chi connectivity index (χ2n) is 0. The van der Waals surface area contributed by atoms with Crippen LogP contribution in [0.5, 0.6) is 0 Å². The van der Waals surface area contributed by atoms with Crippen molar-refractivity contribution >= 4 is 0 Å². The fourth-order valence-electron chi connectivity index (χ4n) is 0. The Morgan fingerprint density at radius 2 is 1.00 bits per heavy atom. The van der Waals surface area contributed by atoms with E-state index in [0.29, 0.717) is 0 Å². The minimum atomic E-state index is 0. The molecule has 3 radical (unpaired) electrons. The van der Waals surface area contributed by atoms with Gasteiger partial charge in [0, 0.05) is 0 Å². The van der Waals surface area contributed by atoms with E-state index in [0.717, 1.165) is 0 Å². The van der Waals surface area contributed by atoms with Crippen LogP contribution >= 0.6 is 0 Å². The summed E-state index contributed by atoms with van der Waals surface area (Å²) in [7, 11) is 0. The number of nitrogens with zero attached hydrogens (tertiary/aromatic N) is 1. The smallest absolute Gasteiger partial charge is 2.00 e. The molecular weight excluding hydrogens is 141 g/mol. The van der Waals surface area contributed by atoms with Crippen molar-refractivity contribution in [3.63, 3.8) is 0 Å². The third-order valence-corrected chi connectivity index (χ3v) is 0. The van der Waals surface area contributed by atoms with Crippen LogP contribution < -0.4 is 6.15 Å². The van der Waals surface area contributed by atoms with Crippen LogP contribution in [0, 0.1) is 0 Å². The standard InChI is InChI=1S/Fe.Mn.N.O/q2*+2;+3;-2. The number of rotatable bonds is 0. The monoisotopic (exact) mass is 141 g/mol. The molecule has 0 spiro atoms. The molecule has 0 fully saturated rings. The Labute approximate surface area is 46.2 Å². The molecule has 21 valence electrons. The van der Waals surface area contributed by atoms with Gasteiger partial charge in [0.05, 0.1) is 0 Å². The summed E-state index contributed by atoms with van der Waals surface area (Å²) in [6.45, 7) is 0. The summed E-state index contributed by atoms with van der Waals surface area (Å²) in [6, 6.07) is 0. The summed E-state index contributed by atoms with van der Waals surface area (Å²) >= 11 is 0. The first-order valence-corrected chi connectivity index (χ1v) is 0. The molecule has 0 aromatic rings. The molecule has 0 heterocycles. The Kier molecular flexibility index (Phi) is 1740. The quantitative estimate of drug-likeness (QED) is 0.404. The molecule has 0 aliphatic rings. The van der Waals surface area contributed by atoms with Crippen LogP contribution in [0.15, 0.2) is 0 Å². The minimum Gasteiger partial charge on any atom is -2.00 e. The van der Waals surface area contributed by atoms with Gasteiger partial charge < -0.3 is 5.48 Å². The molecular formula is FeMnNO+5. The third-order valence-electron chi connectivity index (χ3n) is 0. The maximum atomic E-state index is 0. The van der Waals surface area contributed by atoms with Gasteiger partial charge in [0.1, 0.15) is 0 Å². The zero-order valence-electron chi connectivity index (χ0n) is 1.59. The van der Waals surface area contributed by atoms with Crippen molar-refractivity contribution in [2.75, 3.05) is 0 Å². The number of hydrogen-bond donors (Lipinski definition) is 0. The van der Waals surface area contributed by atoms with Gasteiger partial charge in [0.2, 0.25) is 0 Å². The van der Waals surface area contributed by atoms with E-state index >= 15 is 0 Å². The normalized spacial score (nSPS) is 0. The minimum absolute atomic E-state index is 0. The van der Waals surface area contributed by atoms with Gasteiger partial charge in [-0.3, -0.25) is 0 Å². The van der Waals surface area contributed by atoms with Gasteiger partial charge in [-0.05, 0) is 0 Å². The van der Waals surface area contributed by atoms with E-state index in [4.69, 9.17) is 0 Å². The Bertz CT molecular complexity index is 8.00. The summed E-state index contributed by atoms with van der Waals surface area (Å²) in [5, 5.41) is 0. The molecule has 0 rings (SSSR count). The zero-order chi connectivity index (χ0) is 0. The average molecular weight is 141 g/mol. The average Bonchev–Trinajstić information content (AvgIpc) is 0. The van der Waals surface area contributed by atoms with Crippen molar-refractivity contribution in [3.8, 4) is 0 Å². The first-order chi connectivity index (χ1) is 0. The van der Waals surface area contributed by atoms with Crippen molar-refractivity contribution < 1.29 is 39.6 Å². The third kappa shape index (κ3) is 15.7. The largest absolute Gasteiger partial charge is 3.00 e. The van der Waals surface area contributed by atoms with Crippen LogP contribution in [-0.4, -0.2) is 0 Å². The topological polar surface area (TPSA) is 59.0 Å². The van der Waals surface area contributed by atoms with E-state index in [1.54, 1.807) is 0 Å². The predicted octanol–water partition coefficient (Wildman–Crippen LogP) is -0.604. The van der Waals surface area contributed by atoms with Crippen molar-refractivity contribution in [2.24, 2.45) is 0 Å². The molecule has 4 heavy (non-hydrogen) atoms. The molecule has 0 amide bonds. The SMILES string of the molecule is [Fe+2].[Mn+2].[N+3].[O-2]. The molecule has 0 aromatic heterocycles. The summed E-state index contributed by atoms with van der Waals surface area (Å²) in [5.74, 6) is 0. The van der Waals surface area contributed by atoms with E-state index < -0.39 is 0 Å². The fourth-order valence-corrected chi connectivity index (χ4v) is 0. The van der Waals surface area contributed by atoms with Gasteiger partial charge in [-0.25, -0.2) is 0 Å². The molecule has 2 nitrogen and oxygen atoms in total. The molecule has 0 aliphatic heterocycles. The van der Waals surface area contributed by atoms with Gasteiger partial charge in [0.25, 0.3) is 0 Å². The van der Waals surface area contributed by atoms with Gasteiger partial charge in [0.15, 0.2) is 0 Å². The molecule has 0 saturated carbocycles. The summed E-state index contributed by atoms with van der Waals surface area (Å²) in [6.07, 6.45) is 0. The van der Waals surface area contributed by atoms with Crippen LogP contribution in [0.25, 0.3) is 0 Å². The van der Waals surface area contributed by atoms with E-state index in [1.165, 1.54) is 0 Å². The molecule has 0 unspecified atom stereocenters.